The molecular weight excluding hydrogens is 338 g/mol. The van der Waals surface area contributed by atoms with Gasteiger partial charge in [-0.15, -0.1) is 10.2 Å². The van der Waals surface area contributed by atoms with Gasteiger partial charge in [0, 0.05) is 0 Å². The number of anilines is 1. The lowest BCUT2D eigenvalue weighted by molar-refractivity contribution is 0.599. The number of nitriles is 1. The molecule has 126 valence electrons. The molecular formula is C17H15N5O2S. The van der Waals surface area contributed by atoms with Crippen molar-refractivity contribution in [2.75, 3.05) is 4.72 Å². The van der Waals surface area contributed by atoms with Crippen LogP contribution in [0.5, 0.6) is 0 Å². The Morgan fingerprint density at radius 1 is 1.20 bits per heavy atom. The third-order valence-corrected chi connectivity index (χ3v) is 5.12. The summed E-state index contributed by atoms with van der Waals surface area (Å²) in [4.78, 5) is 0.0979. The predicted molar refractivity (Wildman–Crippen MR) is 92.3 cm³/mol. The van der Waals surface area contributed by atoms with Crippen molar-refractivity contribution in [3.05, 3.63) is 71.5 Å². The van der Waals surface area contributed by atoms with E-state index in [1.54, 1.807) is 11.5 Å². The molecule has 0 unspecified atom stereocenters. The first-order chi connectivity index (χ1) is 12.0. The number of nitrogens with one attached hydrogen (secondary N) is 1. The fourth-order valence-electron chi connectivity index (χ4n) is 2.43. The summed E-state index contributed by atoms with van der Waals surface area (Å²) < 4.78 is 29.4. The van der Waals surface area contributed by atoms with Crippen molar-refractivity contribution in [3.8, 4) is 6.07 Å². The van der Waals surface area contributed by atoms with Gasteiger partial charge in [-0.3, -0.25) is 4.57 Å². The van der Waals surface area contributed by atoms with Crippen molar-refractivity contribution in [1.82, 2.24) is 14.8 Å². The van der Waals surface area contributed by atoms with Gasteiger partial charge in [0.25, 0.3) is 10.0 Å². The predicted octanol–water partition coefficient (Wildman–Crippen LogP) is 2.31. The largest absolute Gasteiger partial charge is 0.295 e. The van der Waals surface area contributed by atoms with Crippen molar-refractivity contribution >= 4 is 16.0 Å². The molecule has 1 heterocycles. The summed E-state index contributed by atoms with van der Waals surface area (Å²) in [5, 5.41) is 16.5. The number of aryl methyl sites for hydroxylation is 1. The van der Waals surface area contributed by atoms with Crippen molar-refractivity contribution in [1.29, 1.82) is 5.26 Å². The van der Waals surface area contributed by atoms with E-state index >= 15 is 0 Å². The van der Waals surface area contributed by atoms with Crippen LogP contribution in [-0.2, 0) is 16.6 Å². The molecule has 0 bridgehead atoms. The molecule has 0 aliphatic carbocycles. The Morgan fingerprint density at radius 3 is 2.64 bits per heavy atom. The molecule has 0 amide bonds. The van der Waals surface area contributed by atoms with Crippen molar-refractivity contribution in [3.63, 3.8) is 0 Å². The van der Waals surface area contributed by atoms with E-state index in [4.69, 9.17) is 5.26 Å². The van der Waals surface area contributed by atoms with Gasteiger partial charge in [0.05, 0.1) is 23.1 Å². The van der Waals surface area contributed by atoms with Gasteiger partial charge in [0.1, 0.15) is 6.33 Å². The van der Waals surface area contributed by atoms with Crippen LogP contribution in [0.1, 0.15) is 16.7 Å². The molecule has 3 rings (SSSR count). The summed E-state index contributed by atoms with van der Waals surface area (Å²) in [5.74, 6) is 0.132. The van der Waals surface area contributed by atoms with Crippen LogP contribution in [0, 0.1) is 18.3 Å². The molecule has 8 heteroatoms. The smallest absolute Gasteiger partial charge is 0.264 e. The van der Waals surface area contributed by atoms with Crippen LogP contribution in [0.2, 0.25) is 0 Å². The van der Waals surface area contributed by atoms with Gasteiger partial charge in [-0.2, -0.15) is 5.26 Å². The first-order valence-corrected chi connectivity index (χ1v) is 8.93. The van der Waals surface area contributed by atoms with Crippen molar-refractivity contribution < 1.29 is 8.42 Å². The number of aromatic nitrogens is 3. The molecule has 25 heavy (non-hydrogen) atoms. The highest BCUT2D eigenvalue weighted by atomic mass is 32.2. The molecule has 0 aliphatic rings. The first kappa shape index (κ1) is 16.7. The zero-order valence-electron chi connectivity index (χ0n) is 13.4. The van der Waals surface area contributed by atoms with E-state index < -0.39 is 10.0 Å². The van der Waals surface area contributed by atoms with Gasteiger partial charge >= 0.3 is 0 Å². The van der Waals surface area contributed by atoms with E-state index in [0.717, 1.165) is 5.56 Å². The standard InChI is InChI=1S/C17H15N5O2S/c1-13-9-15(10-18)7-8-16(13)25(23,24)21-17-20-19-12-22(17)11-14-5-3-2-4-6-14/h2-9,12H,11H2,1H3,(H,20,21). The monoisotopic (exact) mass is 353 g/mol. The Kier molecular flexibility index (Phi) is 4.50. The lowest BCUT2D eigenvalue weighted by Crippen LogP contribution is -2.18. The van der Waals surface area contributed by atoms with E-state index in [9.17, 15) is 8.42 Å². The Balaban J connectivity index is 1.88. The van der Waals surface area contributed by atoms with Crippen LogP contribution in [0.15, 0.2) is 59.8 Å². The van der Waals surface area contributed by atoms with Crippen LogP contribution in [-0.4, -0.2) is 23.2 Å². The van der Waals surface area contributed by atoms with Crippen LogP contribution < -0.4 is 4.72 Å². The van der Waals surface area contributed by atoms with E-state index in [0.29, 0.717) is 17.7 Å². The third-order valence-electron chi connectivity index (χ3n) is 3.63. The van der Waals surface area contributed by atoms with Gasteiger partial charge < -0.3 is 0 Å². The fourth-order valence-corrected chi connectivity index (χ4v) is 3.66. The van der Waals surface area contributed by atoms with Crippen LogP contribution in [0.3, 0.4) is 0 Å². The quantitative estimate of drug-likeness (QED) is 0.758. The molecule has 0 spiro atoms. The molecule has 1 aromatic heterocycles. The van der Waals surface area contributed by atoms with Crippen molar-refractivity contribution in [2.45, 2.75) is 18.4 Å². The fraction of sp³-hybridized carbons (Fsp3) is 0.118. The minimum atomic E-state index is -3.84. The first-order valence-electron chi connectivity index (χ1n) is 7.45. The number of benzene rings is 2. The Bertz CT molecular complexity index is 1040. The average molecular weight is 353 g/mol. The normalized spacial score (nSPS) is 11.0. The maximum Gasteiger partial charge on any atom is 0.264 e. The van der Waals surface area contributed by atoms with Gasteiger partial charge in [-0.25, -0.2) is 13.1 Å². The molecule has 0 aliphatic heterocycles. The molecule has 0 fully saturated rings. The highest BCUT2D eigenvalue weighted by Crippen LogP contribution is 2.20. The topological polar surface area (TPSA) is 101 Å². The second-order valence-corrected chi connectivity index (χ2v) is 7.12. The number of sulfonamides is 1. The molecule has 3 aromatic rings. The van der Waals surface area contributed by atoms with Crippen molar-refractivity contribution in [2.24, 2.45) is 0 Å². The zero-order chi connectivity index (χ0) is 17.9. The SMILES string of the molecule is Cc1cc(C#N)ccc1S(=O)(=O)Nc1nncn1Cc1ccccc1. The summed E-state index contributed by atoms with van der Waals surface area (Å²) in [6.45, 7) is 2.09. The minimum absolute atomic E-state index is 0.0979. The molecule has 1 N–H and O–H groups in total. The number of hydrogen-bond acceptors (Lipinski definition) is 5. The Morgan fingerprint density at radius 2 is 1.96 bits per heavy atom. The lowest BCUT2D eigenvalue weighted by atomic mass is 10.2. The minimum Gasteiger partial charge on any atom is -0.295 e. The van der Waals surface area contributed by atoms with Crippen LogP contribution in [0.25, 0.3) is 0 Å². The summed E-state index contributed by atoms with van der Waals surface area (Å²) >= 11 is 0. The summed E-state index contributed by atoms with van der Waals surface area (Å²) in [5.41, 5.74) is 1.89. The van der Waals surface area contributed by atoms with E-state index in [1.165, 1.54) is 24.5 Å². The summed E-state index contributed by atoms with van der Waals surface area (Å²) in [6.07, 6.45) is 1.47. The molecule has 0 saturated carbocycles. The summed E-state index contributed by atoms with van der Waals surface area (Å²) in [6, 6.07) is 16.0. The third kappa shape index (κ3) is 3.67. The van der Waals surface area contributed by atoms with Gasteiger partial charge in [-0.1, -0.05) is 30.3 Å². The highest BCUT2D eigenvalue weighted by molar-refractivity contribution is 7.92. The Hall–Kier alpha value is -3.18. The van der Waals surface area contributed by atoms with Gasteiger partial charge in [0.2, 0.25) is 5.95 Å². The summed E-state index contributed by atoms with van der Waals surface area (Å²) in [7, 11) is -3.84. The second kappa shape index (κ2) is 6.75. The average Bonchev–Trinajstić information content (AvgIpc) is 3.01. The number of rotatable bonds is 5. The molecule has 0 atom stereocenters. The molecule has 0 radical (unpaired) electrons. The lowest BCUT2D eigenvalue weighted by Gasteiger charge is -2.11. The van der Waals surface area contributed by atoms with Gasteiger partial charge in [-0.05, 0) is 36.2 Å². The Labute approximate surface area is 145 Å². The molecule has 2 aromatic carbocycles. The number of nitrogens with zero attached hydrogens (tertiary/aromatic N) is 4. The van der Waals surface area contributed by atoms with Gasteiger partial charge in [0.15, 0.2) is 0 Å². The van der Waals surface area contributed by atoms with E-state index in [1.807, 2.05) is 36.4 Å². The highest BCUT2D eigenvalue weighted by Gasteiger charge is 2.20. The molecule has 7 nitrogen and oxygen atoms in total. The van der Waals surface area contributed by atoms with Crippen LogP contribution >= 0.6 is 0 Å². The maximum atomic E-state index is 12.6. The van der Waals surface area contributed by atoms with Crippen LogP contribution in [0.4, 0.5) is 5.95 Å². The van der Waals surface area contributed by atoms with E-state index in [-0.39, 0.29) is 10.8 Å². The van der Waals surface area contributed by atoms with E-state index in [2.05, 4.69) is 14.9 Å². The molecule has 0 saturated heterocycles. The second-order valence-electron chi connectivity index (χ2n) is 5.47. The maximum absolute atomic E-state index is 12.6. The zero-order valence-corrected chi connectivity index (χ0v) is 14.2. The number of hydrogen-bond donors (Lipinski definition) is 1.